The Bertz CT molecular complexity index is 677. The molecular weight excluding hydrogens is 515 g/mol. The maximum Gasteiger partial charge on any atom is -0.0809 e. The van der Waals surface area contributed by atoms with E-state index in [0.29, 0.717) is 0 Å². The summed E-state index contributed by atoms with van der Waals surface area (Å²) in [5.74, 6) is 0. The van der Waals surface area contributed by atoms with Crippen LogP contribution in [0.15, 0.2) is 59.8 Å². The Labute approximate surface area is 205 Å². The van der Waals surface area contributed by atoms with Crippen molar-refractivity contribution in [2.24, 2.45) is 0 Å². The van der Waals surface area contributed by atoms with Crippen LogP contribution in [0.25, 0.3) is 10.8 Å². The van der Waals surface area contributed by atoms with Gasteiger partial charge in [-0.1, -0.05) is 19.2 Å². The number of hydrogen-bond acceptors (Lipinski definition) is 1. The molecule has 158 valence electrons. The van der Waals surface area contributed by atoms with Crippen molar-refractivity contribution in [3.8, 4) is 0 Å². The van der Waals surface area contributed by atoms with E-state index in [9.17, 15) is 0 Å². The van der Waals surface area contributed by atoms with Gasteiger partial charge < -0.3 is 19.0 Å². The zero-order chi connectivity index (χ0) is 18.2. The van der Waals surface area contributed by atoms with E-state index >= 15 is 0 Å². The van der Waals surface area contributed by atoms with Gasteiger partial charge in [-0.2, -0.15) is 28.8 Å². The van der Waals surface area contributed by atoms with Crippen molar-refractivity contribution in [1.29, 1.82) is 0 Å². The summed E-state index contributed by atoms with van der Waals surface area (Å²) >= 11 is 1.36. The van der Waals surface area contributed by atoms with E-state index in [1.165, 1.54) is 39.3 Å². The summed E-state index contributed by atoms with van der Waals surface area (Å²) in [6.45, 7) is 14.4. The van der Waals surface area contributed by atoms with Gasteiger partial charge in [0.05, 0.1) is 0 Å². The van der Waals surface area contributed by atoms with Crippen LogP contribution in [-0.2, 0) is 27.5 Å². The van der Waals surface area contributed by atoms with E-state index in [1.54, 1.807) is 0 Å². The molecular formula is C21H34Cl2OSi3Zr-4. The van der Waals surface area contributed by atoms with Crippen LogP contribution < -0.4 is 0 Å². The zero-order valence-corrected chi connectivity index (χ0v) is 25.2. The third-order valence-corrected chi connectivity index (χ3v) is 9.73. The second-order valence-electron chi connectivity index (χ2n) is 7.09. The topological polar surface area (TPSA) is 9.23 Å². The van der Waals surface area contributed by atoms with Crippen LogP contribution in [0.1, 0.15) is 6.42 Å². The summed E-state index contributed by atoms with van der Waals surface area (Å²) in [5, 5.41) is 4.07. The van der Waals surface area contributed by atoms with Gasteiger partial charge in [-0.3, -0.25) is 6.08 Å². The van der Waals surface area contributed by atoms with Crippen LogP contribution in [0.4, 0.5) is 0 Å². The molecule has 2 aromatic rings. The smallest absolute Gasteiger partial charge is 0.0809 e. The first-order valence-electron chi connectivity index (χ1n) is 8.11. The Balaban J connectivity index is -0.000000172. The molecule has 0 fully saturated rings. The van der Waals surface area contributed by atoms with Gasteiger partial charge in [-0.15, -0.1) is 60.9 Å². The van der Waals surface area contributed by atoms with Gasteiger partial charge >= 0.3 is 30.2 Å². The molecule has 0 atom stereocenters. The Morgan fingerprint density at radius 1 is 1.00 bits per heavy atom. The number of fused-ring (bicyclic) bond motifs is 1. The molecule has 2 radical (unpaired) electrons. The predicted molar refractivity (Wildman–Crippen MR) is 135 cm³/mol. The second-order valence-corrected chi connectivity index (χ2v) is 15.7. The number of hydrogen-bond donors (Lipinski definition) is 0. The molecule has 3 rings (SSSR count). The molecule has 0 aromatic heterocycles. The molecule has 1 nitrogen and oxygen atoms in total. The molecule has 0 saturated heterocycles. The third-order valence-electron chi connectivity index (χ3n) is 3.50. The van der Waals surface area contributed by atoms with E-state index in [0.717, 1.165) is 6.42 Å². The summed E-state index contributed by atoms with van der Waals surface area (Å²) in [6, 6.07) is 14.7. The molecule has 0 heterocycles. The molecule has 0 amide bonds. The molecule has 0 bridgehead atoms. The maximum atomic E-state index is 6.25. The summed E-state index contributed by atoms with van der Waals surface area (Å²) in [5.41, 5.74) is 0. The van der Waals surface area contributed by atoms with Crippen molar-refractivity contribution in [2.45, 2.75) is 39.2 Å². The Morgan fingerprint density at radius 2 is 1.57 bits per heavy atom. The fourth-order valence-electron chi connectivity index (χ4n) is 2.71. The molecule has 0 aliphatic heterocycles. The van der Waals surface area contributed by atoms with E-state index in [4.69, 9.17) is 4.12 Å². The van der Waals surface area contributed by atoms with Crippen molar-refractivity contribution < 1.29 is 27.5 Å². The minimum atomic E-state index is -1.60. The fraction of sp³-hybridized carbons (Fsp3) is 0.286. The average molecular weight is 549 g/mol. The molecule has 0 saturated carbocycles. The SMILES string of the molecule is C[Si](C)(C)O[Si](C)(C)C1=CC[C-]=C1.Cl.Cl.[CH3-].[CH3-].[Si]=[Zr].c1ccc2[cH-]ccc2c1. The van der Waals surface area contributed by atoms with Crippen LogP contribution in [0.5, 0.6) is 0 Å². The van der Waals surface area contributed by atoms with Crippen LogP contribution >= 0.6 is 24.8 Å². The largest absolute Gasteiger partial charge is 0.168 e. The maximum absolute atomic E-state index is 6.25. The number of allylic oxidation sites excluding steroid dienone is 4. The van der Waals surface area contributed by atoms with E-state index in [2.05, 4.69) is 100 Å². The van der Waals surface area contributed by atoms with Crippen molar-refractivity contribution in [2.75, 3.05) is 0 Å². The fourth-order valence-corrected chi connectivity index (χ4v) is 10.3. The van der Waals surface area contributed by atoms with Gasteiger partial charge in [0.1, 0.15) is 8.32 Å². The van der Waals surface area contributed by atoms with E-state index < -0.39 is 16.6 Å². The van der Waals surface area contributed by atoms with Crippen LogP contribution in [-0.4, -0.2) is 23.5 Å². The summed E-state index contributed by atoms with van der Waals surface area (Å²) in [4.78, 5) is 0. The first-order valence-corrected chi connectivity index (χ1v) is 18.6. The van der Waals surface area contributed by atoms with Crippen molar-refractivity contribution in [3.63, 3.8) is 0 Å². The van der Waals surface area contributed by atoms with Crippen molar-refractivity contribution in [1.82, 2.24) is 0 Å². The third kappa shape index (κ3) is 12.8. The Kier molecular flexibility index (Phi) is 21.9. The van der Waals surface area contributed by atoms with Gasteiger partial charge in [0.15, 0.2) is 8.32 Å². The van der Waals surface area contributed by atoms with E-state index in [1.807, 2.05) is 0 Å². The quantitative estimate of drug-likeness (QED) is 0.291. The summed E-state index contributed by atoms with van der Waals surface area (Å²) in [6.07, 6.45) is 8.56. The number of benzene rings is 1. The van der Waals surface area contributed by atoms with Crippen molar-refractivity contribution >= 4 is 59.1 Å². The van der Waals surface area contributed by atoms with Gasteiger partial charge in [0.2, 0.25) is 0 Å². The summed E-state index contributed by atoms with van der Waals surface area (Å²) < 4.78 is 6.25. The minimum absolute atomic E-state index is 0. The molecule has 7 heteroatoms. The second kappa shape index (κ2) is 17.1. The molecule has 28 heavy (non-hydrogen) atoms. The monoisotopic (exact) mass is 546 g/mol. The predicted octanol–water partition coefficient (Wildman–Crippen LogP) is 7.19. The molecule has 1 aliphatic carbocycles. The van der Waals surface area contributed by atoms with Crippen LogP contribution in [0, 0.1) is 20.9 Å². The average Bonchev–Trinajstić information content (AvgIpc) is 3.19. The first-order chi connectivity index (χ1) is 11.3. The normalized spacial score (nSPS) is 11.6. The van der Waals surface area contributed by atoms with Gasteiger partial charge in [-0.25, -0.2) is 6.08 Å². The number of rotatable bonds is 3. The molecule has 2 aromatic carbocycles. The number of halogens is 2. The standard InChI is InChI=1S/C10H19OSi2.C9H7.2CH3.2ClH.Si.Zr/c1-12(2,3)11-13(4,5)10-8-6-7-9-10;1-2-5-9-7-3-6-8(9)4-1;;;;;;/h8-9H,6H2,1-5H3;1-7H;2*1H3;2*1H;;/q4*-1;;;;. The van der Waals surface area contributed by atoms with Crippen LogP contribution in [0.3, 0.4) is 0 Å². The molecule has 0 unspecified atom stereocenters. The molecule has 1 aliphatic rings. The Morgan fingerprint density at radius 3 is 2.04 bits per heavy atom. The van der Waals surface area contributed by atoms with Crippen LogP contribution in [0.2, 0.25) is 32.7 Å². The van der Waals surface area contributed by atoms with Crippen molar-refractivity contribution in [3.05, 3.63) is 80.7 Å². The Hall–Kier alpha value is 0.384. The zero-order valence-electron chi connectivity index (χ0n) is 18.1. The minimum Gasteiger partial charge on any atom is -0.168 e. The van der Waals surface area contributed by atoms with E-state index in [-0.39, 0.29) is 39.7 Å². The van der Waals surface area contributed by atoms with Gasteiger partial charge in [-0.05, 0) is 19.6 Å². The van der Waals surface area contributed by atoms with Gasteiger partial charge in [0.25, 0.3) is 0 Å². The molecule has 0 N–H and O–H groups in total. The van der Waals surface area contributed by atoms with Gasteiger partial charge in [0, 0.05) is 0 Å². The molecule has 0 spiro atoms. The summed E-state index contributed by atoms with van der Waals surface area (Å²) in [7, 11) is -2.99. The first kappa shape index (κ1) is 35.8.